The third-order valence-corrected chi connectivity index (χ3v) is 6.21. The average Bonchev–Trinajstić information content (AvgIpc) is 3.19. The third kappa shape index (κ3) is 5.15. The fourth-order valence-electron chi connectivity index (χ4n) is 3.24. The molecular weight excluding hydrogens is 463 g/mol. The number of aryl methyl sites for hydroxylation is 2. The van der Waals surface area contributed by atoms with Crippen molar-refractivity contribution in [3.8, 4) is 17.1 Å². The SMILES string of the molecule is Cc1cccc(-c2nnc(SCC(=O)Nc3ccc(Cl)cc3C)n2-c2ccc(Cl)cc2)c1. The van der Waals surface area contributed by atoms with Gasteiger partial charge in [-0.3, -0.25) is 9.36 Å². The summed E-state index contributed by atoms with van der Waals surface area (Å²) in [7, 11) is 0. The van der Waals surface area contributed by atoms with Gasteiger partial charge in [0.2, 0.25) is 5.91 Å². The van der Waals surface area contributed by atoms with Crippen LogP contribution in [0.5, 0.6) is 0 Å². The largest absolute Gasteiger partial charge is 0.325 e. The summed E-state index contributed by atoms with van der Waals surface area (Å²) in [5, 5.41) is 13.6. The van der Waals surface area contributed by atoms with E-state index in [-0.39, 0.29) is 11.7 Å². The van der Waals surface area contributed by atoms with Gasteiger partial charge in [0.05, 0.1) is 5.75 Å². The van der Waals surface area contributed by atoms with E-state index >= 15 is 0 Å². The van der Waals surface area contributed by atoms with Crippen LogP contribution in [-0.4, -0.2) is 26.4 Å². The molecule has 0 unspecified atom stereocenters. The molecule has 1 heterocycles. The number of rotatable bonds is 6. The molecule has 0 saturated carbocycles. The summed E-state index contributed by atoms with van der Waals surface area (Å²) >= 11 is 13.4. The summed E-state index contributed by atoms with van der Waals surface area (Å²) in [5.74, 6) is 0.748. The Kier molecular flexibility index (Phi) is 6.84. The standard InChI is InChI=1S/C24H20Cl2N4OS/c1-15-4-3-5-17(12-15)23-28-29-24(30(23)20-9-6-18(25)7-10-20)32-14-22(31)27-21-11-8-19(26)13-16(21)2/h3-13H,14H2,1-2H3,(H,27,31). The number of hydrogen-bond acceptors (Lipinski definition) is 4. The number of thioether (sulfide) groups is 1. The number of carbonyl (C=O) groups excluding carboxylic acids is 1. The Balaban J connectivity index is 1.60. The lowest BCUT2D eigenvalue weighted by molar-refractivity contribution is -0.113. The van der Waals surface area contributed by atoms with E-state index in [4.69, 9.17) is 23.2 Å². The second-order valence-corrected chi connectivity index (χ2v) is 9.10. The van der Waals surface area contributed by atoms with Crippen LogP contribution in [0.1, 0.15) is 11.1 Å². The van der Waals surface area contributed by atoms with Crippen LogP contribution in [0, 0.1) is 13.8 Å². The Hall–Kier alpha value is -2.80. The molecule has 1 amide bonds. The maximum Gasteiger partial charge on any atom is 0.234 e. The smallest absolute Gasteiger partial charge is 0.234 e. The van der Waals surface area contributed by atoms with Crippen LogP contribution >= 0.6 is 35.0 Å². The maximum absolute atomic E-state index is 12.6. The quantitative estimate of drug-likeness (QED) is 0.315. The highest BCUT2D eigenvalue weighted by molar-refractivity contribution is 7.99. The van der Waals surface area contributed by atoms with Crippen LogP contribution in [0.15, 0.2) is 71.9 Å². The molecule has 0 spiro atoms. The van der Waals surface area contributed by atoms with Crippen molar-refractivity contribution >= 4 is 46.6 Å². The first-order chi connectivity index (χ1) is 15.4. The highest BCUT2D eigenvalue weighted by Crippen LogP contribution is 2.29. The van der Waals surface area contributed by atoms with Gasteiger partial charge in [-0.1, -0.05) is 58.7 Å². The summed E-state index contributed by atoms with van der Waals surface area (Å²) < 4.78 is 1.94. The number of carbonyl (C=O) groups is 1. The zero-order valence-corrected chi connectivity index (χ0v) is 19.8. The van der Waals surface area contributed by atoms with Crippen LogP contribution in [0.25, 0.3) is 17.1 Å². The second-order valence-electron chi connectivity index (χ2n) is 7.28. The van der Waals surface area contributed by atoms with E-state index in [9.17, 15) is 4.79 Å². The number of nitrogens with zero attached hydrogens (tertiary/aromatic N) is 3. The highest BCUT2D eigenvalue weighted by atomic mass is 35.5. The molecule has 0 aliphatic rings. The summed E-state index contributed by atoms with van der Waals surface area (Å²) in [6.07, 6.45) is 0. The molecule has 3 aromatic carbocycles. The van der Waals surface area contributed by atoms with E-state index < -0.39 is 0 Å². The molecule has 4 rings (SSSR count). The molecule has 32 heavy (non-hydrogen) atoms. The Labute approximate surface area is 200 Å². The molecule has 0 bridgehead atoms. The molecule has 162 valence electrons. The lowest BCUT2D eigenvalue weighted by Gasteiger charge is -2.11. The molecule has 0 saturated heterocycles. The number of anilines is 1. The number of nitrogens with one attached hydrogen (secondary N) is 1. The fraction of sp³-hybridized carbons (Fsp3) is 0.125. The first-order valence-electron chi connectivity index (χ1n) is 9.88. The number of hydrogen-bond donors (Lipinski definition) is 1. The van der Waals surface area contributed by atoms with Crippen LogP contribution < -0.4 is 5.32 Å². The second kappa shape index (κ2) is 9.77. The highest BCUT2D eigenvalue weighted by Gasteiger charge is 2.18. The van der Waals surface area contributed by atoms with Gasteiger partial charge < -0.3 is 5.32 Å². The summed E-state index contributed by atoms with van der Waals surface area (Å²) in [5.41, 5.74) is 4.58. The van der Waals surface area contributed by atoms with Gasteiger partial charge in [0.15, 0.2) is 11.0 Å². The van der Waals surface area contributed by atoms with Gasteiger partial charge in [0.1, 0.15) is 0 Å². The van der Waals surface area contributed by atoms with Gasteiger partial charge in [-0.05, 0) is 67.9 Å². The molecule has 0 radical (unpaired) electrons. The lowest BCUT2D eigenvalue weighted by atomic mass is 10.1. The van der Waals surface area contributed by atoms with Crippen LogP contribution in [0.3, 0.4) is 0 Å². The van der Waals surface area contributed by atoms with E-state index in [0.717, 1.165) is 28.1 Å². The number of aromatic nitrogens is 3. The van der Waals surface area contributed by atoms with E-state index in [1.807, 2.05) is 66.9 Å². The number of benzene rings is 3. The molecule has 4 aromatic rings. The lowest BCUT2D eigenvalue weighted by Crippen LogP contribution is -2.15. The summed E-state index contributed by atoms with van der Waals surface area (Å²) in [6, 6.07) is 20.9. The van der Waals surface area contributed by atoms with E-state index in [1.165, 1.54) is 11.8 Å². The monoisotopic (exact) mass is 482 g/mol. The Bertz CT molecular complexity index is 1270. The summed E-state index contributed by atoms with van der Waals surface area (Å²) in [6.45, 7) is 3.94. The van der Waals surface area contributed by atoms with Crippen molar-refractivity contribution in [2.24, 2.45) is 0 Å². The fourth-order valence-corrected chi connectivity index (χ4v) is 4.35. The topological polar surface area (TPSA) is 59.8 Å². The molecule has 8 heteroatoms. The number of halogens is 2. The maximum atomic E-state index is 12.6. The molecule has 0 aliphatic carbocycles. The average molecular weight is 483 g/mol. The molecular formula is C24H20Cl2N4OS. The van der Waals surface area contributed by atoms with E-state index in [1.54, 1.807) is 12.1 Å². The normalized spacial score (nSPS) is 10.9. The first-order valence-corrected chi connectivity index (χ1v) is 11.6. The predicted molar refractivity (Wildman–Crippen MR) is 132 cm³/mol. The molecule has 5 nitrogen and oxygen atoms in total. The van der Waals surface area contributed by atoms with Crippen molar-refractivity contribution in [1.82, 2.24) is 14.8 Å². The van der Waals surface area contributed by atoms with Gasteiger partial charge in [-0.15, -0.1) is 10.2 Å². The van der Waals surface area contributed by atoms with Crippen molar-refractivity contribution in [1.29, 1.82) is 0 Å². The van der Waals surface area contributed by atoms with Crippen molar-refractivity contribution in [2.45, 2.75) is 19.0 Å². The van der Waals surface area contributed by atoms with Gasteiger partial charge in [0.25, 0.3) is 0 Å². The van der Waals surface area contributed by atoms with E-state index in [2.05, 4.69) is 21.6 Å². The van der Waals surface area contributed by atoms with Crippen LogP contribution in [0.2, 0.25) is 10.0 Å². The minimum absolute atomic E-state index is 0.136. The van der Waals surface area contributed by atoms with Gasteiger partial charge in [0, 0.05) is 27.0 Å². The van der Waals surface area contributed by atoms with Gasteiger partial charge in [-0.25, -0.2) is 0 Å². The third-order valence-electron chi connectivity index (χ3n) is 4.79. The molecule has 1 N–H and O–H groups in total. The molecule has 0 fully saturated rings. The van der Waals surface area contributed by atoms with Crippen LogP contribution in [-0.2, 0) is 4.79 Å². The van der Waals surface area contributed by atoms with Gasteiger partial charge >= 0.3 is 0 Å². The zero-order chi connectivity index (χ0) is 22.7. The summed E-state index contributed by atoms with van der Waals surface area (Å²) in [4.78, 5) is 12.6. The van der Waals surface area contributed by atoms with Crippen molar-refractivity contribution in [3.63, 3.8) is 0 Å². The zero-order valence-electron chi connectivity index (χ0n) is 17.5. The predicted octanol–water partition coefficient (Wildman–Crippen LogP) is 6.59. The van der Waals surface area contributed by atoms with Crippen molar-refractivity contribution < 1.29 is 4.79 Å². The minimum atomic E-state index is -0.136. The van der Waals surface area contributed by atoms with Crippen molar-refractivity contribution in [2.75, 3.05) is 11.1 Å². The first kappa shape index (κ1) is 22.4. The molecule has 0 aliphatic heterocycles. The molecule has 0 atom stereocenters. The van der Waals surface area contributed by atoms with Gasteiger partial charge in [-0.2, -0.15) is 0 Å². The Morgan fingerprint density at radius 3 is 2.44 bits per heavy atom. The Morgan fingerprint density at radius 2 is 1.72 bits per heavy atom. The molecule has 1 aromatic heterocycles. The minimum Gasteiger partial charge on any atom is -0.325 e. The van der Waals surface area contributed by atoms with Crippen molar-refractivity contribution in [3.05, 3.63) is 87.9 Å². The van der Waals surface area contributed by atoms with Crippen LogP contribution in [0.4, 0.5) is 5.69 Å². The Morgan fingerprint density at radius 1 is 0.969 bits per heavy atom. The van der Waals surface area contributed by atoms with E-state index in [0.29, 0.717) is 21.0 Å². The number of amides is 1.